The van der Waals surface area contributed by atoms with E-state index in [2.05, 4.69) is 47.4 Å². The molecule has 1 aliphatic heterocycles. The van der Waals surface area contributed by atoms with Crippen LogP contribution in [0.2, 0.25) is 0 Å². The Kier molecular flexibility index (Phi) is 13.9. The van der Waals surface area contributed by atoms with Crippen molar-refractivity contribution in [1.29, 1.82) is 0 Å². The fraction of sp³-hybridized carbons (Fsp3) is 0.600. The highest BCUT2D eigenvalue weighted by Crippen LogP contribution is 2.44. The first-order chi connectivity index (χ1) is 24.6. The second kappa shape index (κ2) is 18.5. The molecular weight excluding hydrogens is 648 g/mol. The van der Waals surface area contributed by atoms with Crippen molar-refractivity contribution in [3.63, 3.8) is 0 Å². The molecule has 7 N–H and O–H groups in total. The molecule has 2 aliphatic carbocycles. The third-order valence-electron chi connectivity index (χ3n) is 10.1. The van der Waals surface area contributed by atoms with Gasteiger partial charge >= 0.3 is 0 Å². The summed E-state index contributed by atoms with van der Waals surface area (Å²) >= 11 is 0. The molecule has 0 aromatic heterocycles. The van der Waals surface area contributed by atoms with E-state index >= 15 is 0 Å². The van der Waals surface area contributed by atoms with E-state index in [9.17, 15) is 20.1 Å². The molecule has 2 aromatic carbocycles. The number of nitrogens with two attached hydrogens (primary N) is 1. The molecule has 11 nitrogen and oxygen atoms in total. The zero-order valence-corrected chi connectivity index (χ0v) is 30.4. The standard InChI is InChI=1S/C40H56N4O7/c1-25(2)23-43-40(41)42-19-18-29-21-34-27-13-16-32(46)22-31(45)15-12-26-14-17-35(47)37(49-3)33(26)11-7-8-28(20-27)36(38(34)51-39(29)48)50-24-44-30-9-5-4-6-10-30/h14,17,20,25,29-30,32,39,44,46-48H,4-6,8-10,12-13,15-16,18-19,21-24H2,1-3H3,(H3,41,42,43)/t29-,32-,39+/m1/s1. The molecule has 51 heavy (non-hydrogen) atoms. The number of aromatic hydroxyl groups is 1. The predicted octanol–water partition coefficient (Wildman–Crippen LogP) is 4.27. The molecule has 0 spiro atoms. The maximum Gasteiger partial charge on any atom is 0.200 e. The first-order valence-electron chi connectivity index (χ1n) is 18.6. The minimum absolute atomic E-state index is 0.0308. The zero-order chi connectivity index (χ0) is 36.3. The summed E-state index contributed by atoms with van der Waals surface area (Å²) in [5, 5.41) is 39.6. The lowest BCUT2D eigenvalue weighted by atomic mass is 9.86. The molecule has 3 aliphatic rings. The molecule has 0 saturated heterocycles. The van der Waals surface area contributed by atoms with Gasteiger partial charge < -0.3 is 40.6 Å². The second-order valence-electron chi connectivity index (χ2n) is 14.5. The van der Waals surface area contributed by atoms with Gasteiger partial charge in [0.05, 0.1) is 18.8 Å². The fourth-order valence-electron chi connectivity index (χ4n) is 7.19. The Balaban J connectivity index is 1.50. The van der Waals surface area contributed by atoms with Crippen molar-refractivity contribution in [2.24, 2.45) is 22.6 Å². The van der Waals surface area contributed by atoms with Gasteiger partial charge in [-0.15, -0.1) is 0 Å². The van der Waals surface area contributed by atoms with Gasteiger partial charge in [-0.3, -0.25) is 15.1 Å². The highest BCUT2D eigenvalue weighted by atomic mass is 16.6. The maximum atomic E-state index is 13.0. The molecule has 3 atom stereocenters. The summed E-state index contributed by atoms with van der Waals surface area (Å²) in [4.78, 5) is 17.3. The summed E-state index contributed by atoms with van der Waals surface area (Å²) in [6.45, 7) is 5.60. The van der Waals surface area contributed by atoms with Crippen molar-refractivity contribution in [3.05, 3.63) is 46.0 Å². The van der Waals surface area contributed by atoms with E-state index < -0.39 is 12.4 Å². The molecule has 2 bridgehead atoms. The first kappa shape index (κ1) is 38.3. The molecule has 0 radical (unpaired) electrons. The molecule has 11 heteroatoms. The summed E-state index contributed by atoms with van der Waals surface area (Å²) in [5.41, 5.74) is 10.1. The van der Waals surface area contributed by atoms with Crippen LogP contribution in [0.25, 0.3) is 0 Å². The van der Waals surface area contributed by atoms with Gasteiger partial charge in [-0.05, 0) is 68.1 Å². The summed E-state index contributed by atoms with van der Waals surface area (Å²) in [6, 6.07) is 5.77. The molecule has 278 valence electrons. The van der Waals surface area contributed by atoms with Crippen LogP contribution < -0.4 is 30.6 Å². The van der Waals surface area contributed by atoms with Gasteiger partial charge in [-0.2, -0.15) is 0 Å². The van der Waals surface area contributed by atoms with Gasteiger partial charge in [0, 0.05) is 55.4 Å². The SMILES string of the molecule is COc1c(O)ccc2c1C#CCc1cc(c3c(c1OCNC1CCCCC1)O[C@H](O)[C@H](CCNC(N)=NCC(C)C)C3)CC[C@@H](O)CC(=O)CC2. The highest BCUT2D eigenvalue weighted by molar-refractivity contribution is 5.79. The minimum Gasteiger partial charge on any atom is -0.504 e. The van der Waals surface area contributed by atoms with Crippen LogP contribution in [0.5, 0.6) is 23.0 Å². The Hall–Kier alpha value is -3.98. The number of aliphatic hydroxyl groups is 2. The number of nitrogens with zero attached hydrogens (tertiary/aromatic N) is 1. The Labute approximate surface area is 302 Å². The minimum atomic E-state index is -1.08. The lowest BCUT2D eigenvalue weighted by Gasteiger charge is -2.34. The number of aryl methyl sites for hydroxylation is 2. The molecule has 2 aromatic rings. The number of ketones is 1. The number of methoxy groups -OCH3 is 1. The van der Waals surface area contributed by atoms with Gasteiger partial charge in [-0.25, -0.2) is 0 Å². The number of Topliss-reactive ketones (excluding diaryl/α,β-unsaturated/α-hetero) is 1. The number of aliphatic hydroxyl groups excluding tert-OH is 2. The van der Waals surface area contributed by atoms with Crippen molar-refractivity contribution < 1.29 is 34.3 Å². The Bertz CT molecular complexity index is 1590. The molecule has 1 saturated carbocycles. The number of carbonyl (C=O) groups excluding carboxylic acids is 1. The Morgan fingerprint density at radius 2 is 1.86 bits per heavy atom. The highest BCUT2D eigenvalue weighted by Gasteiger charge is 2.34. The summed E-state index contributed by atoms with van der Waals surface area (Å²) in [5.74, 6) is 8.27. The van der Waals surface area contributed by atoms with Crippen molar-refractivity contribution in [1.82, 2.24) is 10.6 Å². The van der Waals surface area contributed by atoms with Crippen LogP contribution in [0.4, 0.5) is 0 Å². The molecule has 1 fully saturated rings. The number of phenolic OH excluding ortho intramolecular Hbond substituents is 1. The normalized spacial score (nSPS) is 21.6. The molecule has 0 amide bonds. The van der Waals surface area contributed by atoms with Crippen LogP contribution in [0.1, 0.15) is 99.5 Å². The van der Waals surface area contributed by atoms with Crippen molar-refractivity contribution >= 4 is 11.7 Å². The zero-order valence-electron chi connectivity index (χ0n) is 30.4. The average molecular weight is 705 g/mol. The van der Waals surface area contributed by atoms with E-state index in [-0.39, 0.29) is 42.8 Å². The lowest BCUT2D eigenvalue weighted by molar-refractivity contribution is -0.121. The summed E-state index contributed by atoms with van der Waals surface area (Å²) in [6.07, 6.45) is 6.99. The monoisotopic (exact) mass is 704 g/mol. The van der Waals surface area contributed by atoms with Crippen molar-refractivity contribution in [3.8, 4) is 34.8 Å². The van der Waals surface area contributed by atoms with E-state index in [0.717, 1.165) is 35.1 Å². The van der Waals surface area contributed by atoms with Gasteiger partial charge in [0.25, 0.3) is 0 Å². The Morgan fingerprint density at radius 1 is 1.06 bits per heavy atom. The number of aliphatic imine (C=N–C) groups is 1. The molecule has 5 rings (SSSR count). The predicted molar refractivity (Wildman–Crippen MR) is 197 cm³/mol. The fourth-order valence-corrected chi connectivity index (χ4v) is 7.19. The summed E-state index contributed by atoms with van der Waals surface area (Å²) in [7, 11) is 1.48. The molecule has 0 unspecified atom stereocenters. The largest absolute Gasteiger partial charge is 0.504 e. The van der Waals surface area contributed by atoms with Crippen LogP contribution in [-0.4, -0.2) is 72.4 Å². The number of fused-ring (bicyclic) bond motifs is 5. The van der Waals surface area contributed by atoms with E-state index in [1.165, 1.54) is 26.4 Å². The molecule has 1 heterocycles. The number of guanidine groups is 1. The van der Waals surface area contributed by atoms with Gasteiger partial charge in [0.15, 0.2) is 29.0 Å². The van der Waals surface area contributed by atoms with Gasteiger partial charge in [-0.1, -0.05) is 57.1 Å². The molecular formula is C40H56N4O7. The topological polar surface area (TPSA) is 168 Å². The van der Waals surface area contributed by atoms with Crippen LogP contribution in [0.3, 0.4) is 0 Å². The van der Waals surface area contributed by atoms with Crippen LogP contribution in [0.15, 0.2) is 23.2 Å². The third kappa shape index (κ3) is 10.5. The second-order valence-corrected chi connectivity index (χ2v) is 14.5. The quantitative estimate of drug-likeness (QED) is 0.0910. The first-order valence-corrected chi connectivity index (χ1v) is 18.6. The smallest absolute Gasteiger partial charge is 0.200 e. The van der Waals surface area contributed by atoms with E-state index in [0.29, 0.717) is 86.6 Å². The number of carbonyl (C=O) groups is 1. The number of hydrogen-bond acceptors (Lipinski definition) is 9. The average Bonchev–Trinajstić information content (AvgIpc) is 3.11. The van der Waals surface area contributed by atoms with E-state index in [4.69, 9.17) is 19.9 Å². The third-order valence-corrected chi connectivity index (χ3v) is 10.1. The number of benzene rings is 2. The Morgan fingerprint density at radius 3 is 2.63 bits per heavy atom. The van der Waals surface area contributed by atoms with E-state index in [1.54, 1.807) is 12.1 Å². The van der Waals surface area contributed by atoms with Crippen LogP contribution in [0, 0.1) is 23.7 Å². The number of nitrogens with one attached hydrogen (secondary N) is 2. The van der Waals surface area contributed by atoms with Crippen LogP contribution in [-0.2, 0) is 30.5 Å². The number of hydrogen-bond donors (Lipinski definition) is 6. The van der Waals surface area contributed by atoms with Crippen molar-refractivity contribution in [2.75, 3.05) is 26.9 Å². The number of ether oxygens (including phenoxy) is 3. The number of phenols is 1. The van der Waals surface area contributed by atoms with Gasteiger partial charge in [0.2, 0.25) is 6.29 Å². The van der Waals surface area contributed by atoms with Gasteiger partial charge in [0.1, 0.15) is 12.5 Å². The lowest BCUT2D eigenvalue weighted by Crippen LogP contribution is -2.39. The van der Waals surface area contributed by atoms with Crippen molar-refractivity contribution in [2.45, 2.75) is 116 Å². The number of rotatable bonds is 10. The van der Waals surface area contributed by atoms with Crippen LogP contribution >= 0.6 is 0 Å². The maximum absolute atomic E-state index is 13.0. The summed E-state index contributed by atoms with van der Waals surface area (Å²) < 4.78 is 18.4. The van der Waals surface area contributed by atoms with E-state index in [1.807, 2.05) is 0 Å².